The number of hydrogen-bond acceptors (Lipinski definition) is 3. The molecule has 0 aromatic heterocycles. The van der Waals surface area contributed by atoms with Crippen LogP contribution in [-0.2, 0) is 10.4 Å². The Kier molecular flexibility index (Phi) is 6.50. The van der Waals surface area contributed by atoms with Gasteiger partial charge in [0.1, 0.15) is 0 Å². The number of amides is 1. The zero-order valence-corrected chi connectivity index (χ0v) is 17.9. The molecule has 0 spiro atoms. The minimum Gasteiger partial charge on any atom is -0.372 e. The third-order valence-electron chi connectivity index (χ3n) is 6.41. The fourth-order valence-electron chi connectivity index (χ4n) is 4.48. The van der Waals surface area contributed by atoms with Crippen LogP contribution in [0.15, 0.2) is 91.0 Å². The molecule has 1 fully saturated rings. The van der Waals surface area contributed by atoms with Crippen molar-refractivity contribution in [1.29, 1.82) is 0 Å². The number of likely N-dealkylation sites (tertiary alicyclic amines) is 1. The molecule has 4 nitrogen and oxygen atoms in total. The number of nitrogens with zero attached hydrogens (tertiary/aromatic N) is 1. The molecule has 1 aliphatic rings. The Morgan fingerprint density at radius 1 is 0.968 bits per heavy atom. The summed E-state index contributed by atoms with van der Waals surface area (Å²) >= 11 is 0. The Morgan fingerprint density at radius 2 is 1.48 bits per heavy atom. The van der Waals surface area contributed by atoms with E-state index in [-0.39, 0.29) is 5.91 Å². The molecule has 160 valence electrons. The Morgan fingerprint density at radius 3 is 2.03 bits per heavy atom. The Balaban J connectivity index is 1.43. The molecule has 1 amide bonds. The summed E-state index contributed by atoms with van der Waals surface area (Å²) < 4.78 is 0. The number of rotatable bonds is 7. The van der Waals surface area contributed by atoms with Crippen LogP contribution in [0.5, 0.6) is 0 Å². The van der Waals surface area contributed by atoms with Gasteiger partial charge in [0.15, 0.2) is 5.60 Å². The average molecular weight is 415 g/mol. The molecule has 3 aromatic carbocycles. The highest BCUT2D eigenvalue weighted by atomic mass is 16.3. The first-order valence-electron chi connectivity index (χ1n) is 11.0. The Labute approximate surface area is 184 Å². The predicted octanol–water partition coefficient (Wildman–Crippen LogP) is 4.12. The number of nitrogens with one attached hydrogen (secondary N) is 1. The highest BCUT2D eigenvalue weighted by Gasteiger charge is 2.40. The number of benzene rings is 3. The van der Waals surface area contributed by atoms with Gasteiger partial charge in [-0.1, -0.05) is 91.0 Å². The van der Waals surface area contributed by atoms with Crippen molar-refractivity contribution in [2.75, 3.05) is 19.6 Å². The van der Waals surface area contributed by atoms with Crippen LogP contribution in [0, 0.1) is 5.92 Å². The van der Waals surface area contributed by atoms with Crippen molar-refractivity contribution in [1.82, 2.24) is 10.2 Å². The van der Waals surface area contributed by atoms with E-state index in [4.69, 9.17) is 0 Å². The van der Waals surface area contributed by atoms with Gasteiger partial charge < -0.3 is 10.4 Å². The van der Waals surface area contributed by atoms with Crippen molar-refractivity contribution in [3.63, 3.8) is 0 Å². The van der Waals surface area contributed by atoms with E-state index < -0.39 is 5.60 Å². The smallest absolute Gasteiger partial charge is 0.261 e. The van der Waals surface area contributed by atoms with Gasteiger partial charge in [0, 0.05) is 19.1 Å². The van der Waals surface area contributed by atoms with Crippen LogP contribution in [0.25, 0.3) is 0 Å². The summed E-state index contributed by atoms with van der Waals surface area (Å²) in [7, 11) is 0. The third kappa shape index (κ3) is 4.55. The molecular weight excluding hydrogens is 384 g/mol. The van der Waals surface area contributed by atoms with E-state index in [0.29, 0.717) is 29.6 Å². The summed E-state index contributed by atoms with van der Waals surface area (Å²) in [5, 5.41) is 14.6. The summed E-state index contributed by atoms with van der Waals surface area (Å²) in [5.74, 6) is -0.00892. The van der Waals surface area contributed by atoms with Crippen molar-refractivity contribution < 1.29 is 9.90 Å². The van der Waals surface area contributed by atoms with Crippen molar-refractivity contribution in [2.45, 2.75) is 25.0 Å². The van der Waals surface area contributed by atoms with Gasteiger partial charge in [0.2, 0.25) is 0 Å². The van der Waals surface area contributed by atoms with E-state index >= 15 is 0 Å². The molecule has 0 aliphatic carbocycles. The number of carbonyl (C=O) groups is 1. The van der Waals surface area contributed by atoms with Crippen LogP contribution in [0.4, 0.5) is 0 Å². The first-order chi connectivity index (χ1) is 15.1. The topological polar surface area (TPSA) is 52.6 Å². The molecule has 1 aliphatic heterocycles. The molecule has 2 N–H and O–H groups in total. The molecule has 1 saturated heterocycles. The summed E-state index contributed by atoms with van der Waals surface area (Å²) in [4.78, 5) is 15.7. The molecular formula is C27H30N2O2. The summed E-state index contributed by atoms with van der Waals surface area (Å²) in [6.07, 6.45) is 1.03. The maximum absolute atomic E-state index is 13.3. The zero-order valence-electron chi connectivity index (χ0n) is 17.9. The maximum atomic E-state index is 13.3. The third-order valence-corrected chi connectivity index (χ3v) is 6.41. The van der Waals surface area contributed by atoms with E-state index in [2.05, 4.69) is 41.4 Å². The number of hydrogen-bond donors (Lipinski definition) is 2. The van der Waals surface area contributed by atoms with Crippen molar-refractivity contribution in [2.24, 2.45) is 5.92 Å². The van der Waals surface area contributed by atoms with E-state index in [1.165, 1.54) is 5.56 Å². The van der Waals surface area contributed by atoms with E-state index in [1.807, 2.05) is 42.5 Å². The van der Waals surface area contributed by atoms with Crippen LogP contribution in [0.2, 0.25) is 0 Å². The number of carbonyl (C=O) groups excluding carboxylic acids is 1. The lowest BCUT2D eigenvalue weighted by Crippen LogP contribution is -2.47. The Hall–Kier alpha value is -2.95. The minimum absolute atomic E-state index is 0.354. The monoisotopic (exact) mass is 414 g/mol. The summed E-state index contributed by atoms with van der Waals surface area (Å²) in [6.45, 7) is 4.74. The second-order valence-electron chi connectivity index (χ2n) is 8.39. The molecule has 2 atom stereocenters. The van der Waals surface area contributed by atoms with Crippen LogP contribution in [0.1, 0.15) is 36.1 Å². The van der Waals surface area contributed by atoms with Gasteiger partial charge in [0.05, 0.1) is 0 Å². The van der Waals surface area contributed by atoms with Crippen molar-refractivity contribution >= 4 is 5.91 Å². The molecule has 31 heavy (non-hydrogen) atoms. The van der Waals surface area contributed by atoms with E-state index in [9.17, 15) is 9.90 Å². The molecule has 4 heteroatoms. The molecule has 0 radical (unpaired) electrons. The first-order valence-corrected chi connectivity index (χ1v) is 11.0. The molecule has 1 heterocycles. The fourth-order valence-corrected chi connectivity index (χ4v) is 4.48. The lowest BCUT2D eigenvalue weighted by atomic mass is 9.85. The zero-order chi connectivity index (χ0) is 21.7. The van der Waals surface area contributed by atoms with Gasteiger partial charge in [-0.3, -0.25) is 9.69 Å². The molecule has 3 aromatic rings. The van der Waals surface area contributed by atoms with Gasteiger partial charge in [-0.05, 0) is 42.5 Å². The average Bonchev–Trinajstić information content (AvgIpc) is 3.32. The van der Waals surface area contributed by atoms with Gasteiger partial charge >= 0.3 is 0 Å². The quantitative estimate of drug-likeness (QED) is 0.611. The maximum Gasteiger partial charge on any atom is 0.261 e. The molecule has 0 bridgehead atoms. The lowest BCUT2D eigenvalue weighted by Gasteiger charge is -2.29. The largest absolute Gasteiger partial charge is 0.372 e. The molecule has 0 saturated carbocycles. The first kappa shape index (κ1) is 21.3. The Bertz CT molecular complexity index is 936. The molecule has 1 unspecified atom stereocenters. The van der Waals surface area contributed by atoms with Crippen LogP contribution >= 0.6 is 0 Å². The highest BCUT2D eigenvalue weighted by Crippen LogP contribution is 2.31. The summed E-state index contributed by atoms with van der Waals surface area (Å²) in [6, 6.07) is 29.2. The van der Waals surface area contributed by atoms with Crippen LogP contribution in [-0.4, -0.2) is 35.5 Å². The molecule has 4 rings (SSSR count). The van der Waals surface area contributed by atoms with Gasteiger partial charge in [-0.15, -0.1) is 0 Å². The fraction of sp³-hybridized carbons (Fsp3) is 0.296. The van der Waals surface area contributed by atoms with Gasteiger partial charge in [-0.2, -0.15) is 0 Å². The second-order valence-corrected chi connectivity index (χ2v) is 8.39. The van der Waals surface area contributed by atoms with Gasteiger partial charge in [-0.25, -0.2) is 0 Å². The van der Waals surface area contributed by atoms with Crippen LogP contribution < -0.4 is 5.32 Å². The SMILES string of the molecule is C[C@H](c1ccccc1)N1CCC(CNC(=O)C(O)(c2ccccc2)c2ccccc2)C1. The van der Waals surface area contributed by atoms with E-state index in [0.717, 1.165) is 19.5 Å². The summed E-state index contributed by atoms with van der Waals surface area (Å²) in [5.41, 5.74) is 0.752. The predicted molar refractivity (Wildman–Crippen MR) is 123 cm³/mol. The van der Waals surface area contributed by atoms with Crippen molar-refractivity contribution in [3.05, 3.63) is 108 Å². The minimum atomic E-state index is -1.71. The van der Waals surface area contributed by atoms with Crippen LogP contribution in [0.3, 0.4) is 0 Å². The van der Waals surface area contributed by atoms with Crippen molar-refractivity contribution in [3.8, 4) is 0 Å². The number of aliphatic hydroxyl groups is 1. The normalized spacial score (nSPS) is 17.9. The highest BCUT2D eigenvalue weighted by molar-refractivity contribution is 5.90. The van der Waals surface area contributed by atoms with E-state index in [1.54, 1.807) is 24.3 Å². The second kappa shape index (κ2) is 9.46. The van der Waals surface area contributed by atoms with Gasteiger partial charge in [0.25, 0.3) is 5.91 Å². The standard InChI is InChI=1S/C27H30N2O2/c1-21(23-11-5-2-6-12-23)29-18-17-22(20-29)19-28-26(30)27(31,24-13-7-3-8-14-24)25-15-9-4-10-16-25/h2-16,21-22,31H,17-20H2,1H3,(H,28,30)/t21-,22?/m1/s1. The lowest BCUT2D eigenvalue weighted by molar-refractivity contribution is -0.136.